The Morgan fingerprint density at radius 1 is 0.399 bits per heavy atom. The second-order valence-electron chi connectivity index (χ2n) is 40.8. The molecule has 0 saturated carbocycles. The fraction of sp³-hybridized carbons (Fsp3) is 0.367. The molecule has 4 N–H and O–H groups in total. The Morgan fingerprint density at radius 3 is 1.06 bits per heavy atom. The highest BCUT2D eigenvalue weighted by Gasteiger charge is 2.47. The fourth-order valence-corrected chi connectivity index (χ4v) is 23.5. The molecule has 0 bridgehead atoms. The van der Waals surface area contributed by atoms with Crippen molar-refractivity contribution in [3.05, 3.63) is 258 Å². The molecule has 21 rings (SSSR count). The molecule has 15 heterocycles. The Hall–Kier alpha value is -14.9. The number of pyridine rings is 3. The Kier molecular flexibility index (Phi) is 26.6. The van der Waals surface area contributed by atoms with E-state index in [-0.39, 0.29) is 184 Å². The number of aromatic nitrogens is 12. The van der Waals surface area contributed by atoms with Crippen LogP contribution in [0.2, 0.25) is 15.1 Å². The van der Waals surface area contributed by atoms with Crippen molar-refractivity contribution in [2.24, 2.45) is 0 Å². The maximum atomic E-state index is 17.0. The number of aryl methyl sites for hydroxylation is 3. The number of anilines is 5. The van der Waals surface area contributed by atoms with Crippen LogP contribution in [0.4, 0.5) is 41.6 Å². The van der Waals surface area contributed by atoms with Gasteiger partial charge in [0.05, 0.1) is 135 Å². The number of hydrogen-bond donors (Lipinski definition) is 4. The number of halogens is 6. The molecule has 3 saturated heterocycles. The minimum absolute atomic E-state index is 0.00245. The van der Waals surface area contributed by atoms with Gasteiger partial charge in [0.1, 0.15) is 54.4 Å². The van der Waals surface area contributed by atoms with Gasteiger partial charge in [-0.2, -0.15) is 0 Å². The third-order valence-corrected chi connectivity index (χ3v) is 30.3. The van der Waals surface area contributed by atoms with Crippen LogP contribution >= 0.6 is 34.8 Å². The summed E-state index contributed by atoms with van der Waals surface area (Å²) in [5.74, 6) is -5.23. The normalized spacial score (nSPS) is 17.5. The van der Waals surface area contributed by atoms with Gasteiger partial charge in [-0.1, -0.05) is 156 Å². The number of likely N-dealkylation sites (N-methyl/N-ethyl adjacent to an activating group) is 1. The van der Waals surface area contributed by atoms with Gasteiger partial charge in [0.15, 0.2) is 16.7 Å². The summed E-state index contributed by atoms with van der Waals surface area (Å²) in [7, 11) is 1.84. The zero-order chi connectivity index (χ0) is 106. The SMILES string of the molecule is C=CC(=O)N1CC2CN(C)c3c(c4cc(F)c(-c5c(C)ccc6[nH]c(=O)oc56)c(Cl)c4n(-c4c(C(C)C)ncnc4C(C)C)c3=O)N2CC1C.C=CC(=O)N1CC2CNc3c(c4cc(F)c(-c5c(C)ccc6[nH]c(=O)oc56)c(Cl)c4n(-c4c(C(C)C)ncnc4C(C)C)c3=O)N2CC1C.C=CC(=O)N1CC2COc3c(c4cc(F)c(-c5c(C)ccc6[nH]c(=O)oc56)c(Cl)c4n(-c4c(C(C)C)ncnc4C(C)C)c3=O)N2CC1C. The van der Waals surface area contributed by atoms with E-state index in [4.69, 9.17) is 52.8 Å². The first kappa shape index (κ1) is 102. The van der Waals surface area contributed by atoms with Crippen LogP contribution in [0.25, 0.3) is 116 Å². The van der Waals surface area contributed by atoms with Gasteiger partial charge in [-0.05, 0) is 148 Å². The fourth-order valence-electron chi connectivity index (χ4n) is 22.4. The van der Waals surface area contributed by atoms with Crippen molar-refractivity contribution in [1.82, 2.24) is 73.3 Å². The molecule has 148 heavy (non-hydrogen) atoms. The van der Waals surface area contributed by atoms with E-state index in [2.05, 4.69) is 79.7 Å². The van der Waals surface area contributed by atoms with E-state index in [0.29, 0.717) is 193 Å². The van der Waals surface area contributed by atoms with Crippen molar-refractivity contribution in [3.8, 4) is 56.2 Å². The lowest BCUT2D eigenvalue weighted by atomic mass is 9.94. The van der Waals surface area contributed by atoms with E-state index in [1.54, 1.807) is 76.4 Å². The van der Waals surface area contributed by atoms with Gasteiger partial charge in [0, 0.05) is 127 Å². The van der Waals surface area contributed by atoms with Crippen LogP contribution in [-0.2, 0) is 14.4 Å². The van der Waals surface area contributed by atoms with Crippen molar-refractivity contribution in [1.29, 1.82) is 0 Å². The summed E-state index contributed by atoms with van der Waals surface area (Å²) in [6, 6.07) is 13.1. The molecule has 3 amide bonds. The Labute approximate surface area is 861 Å². The van der Waals surface area contributed by atoms with Crippen molar-refractivity contribution in [2.75, 3.05) is 90.9 Å². The molecule has 15 aromatic rings. The largest absolute Gasteiger partial charge is 0.484 e. The molecule has 6 atom stereocenters. The molecule has 6 aromatic carbocycles. The van der Waals surface area contributed by atoms with E-state index in [9.17, 15) is 33.6 Å². The van der Waals surface area contributed by atoms with Gasteiger partial charge >= 0.3 is 17.3 Å². The number of carbonyl (C=O) groups excluding carboxylic acids is 3. The highest BCUT2D eigenvalue weighted by Crippen LogP contribution is 2.54. The van der Waals surface area contributed by atoms with Crippen molar-refractivity contribution < 1.29 is 45.5 Å². The van der Waals surface area contributed by atoms with Crippen molar-refractivity contribution in [3.63, 3.8) is 0 Å². The molecule has 3 fully saturated rings. The number of nitrogens with zero attached hydrogens (tertiary/aromatic N) is 16. The zero-order valence-corrected chi connectivity index (χ0v) is 87.6. The first-order chi connectivity index (χ1) is 70.4. The molecular formula is C109H112Cl3F3N20O13. The summed E-state index contributed by atoms with van der Waals surface area (Å²) in [6.07, 6.45) is 8.39. The van der Waals surface area contributed by atoms with Gasteiger partial charge in [0.2, 0.25) is 23.5 Å². The maximum Gasteiger partial charge on any atom is 0.417 e. The number of amides is 3. The summed E-state index contributed by atoms with van der Waals surface area (Å²) in [5, 5.41) is 4.41. The van der Waals surface area contributed by atoms with E-state index in [1.165, 1.54) is 64.5 Å². The quantitative estimate of drug-likeness (QED) is 0.0693. The van der Waals surface area contributed by atoms with Crippen LogP contribution in [-0.4, -0.2) is 193 Å². The molecule has 33 nitrogen and oxygen atoms in total. The van der Waals surface area contributed by atoms with Crippen molar-refractivity contribution >= 4 is 147 Å². The number of fused-ring (bicyclic) bond motifs is 18. The molecule has 0 radical (unpaired) electrons. The van der Waals surface area contributed by atoms with Crippen LogP contribution in [0.5, 0.6) is 5.75 Å². The third-order valence-electron chi connectivity index (χ3n) is 29.2. The summed E-state index contributed by atoms with van der Waals surface area (Å²) >= 11 is 22.2. The molecule has 6 aliphatic heterocycles. The highest BCUT2D eigenvalue weighted by molar-refractivity contribution is 6.41. The van der Waals surface area contributed by atoms with Gasteiger partial charge in [-0.25, -0.2) is 57.5 Å². The Morgan fingerprint density at radius 2 is 0.709 bits per heavy atom. The lowest BCUT2D eigenvalue weighted by Gasteiger charge is -2.51. The number of oxazole rings is 3. The summed E-state index contributed by atoms with van der Waals surface area (Å²) in [6.45, 7) is 49.1. The van der Waals surface area contributed by atoms with E-state index >= 15 is 22.8 Å². The summed E-state index contributed by atoms with van der Waals surface area (Å²) in [4.78, 5) is 170. The topological polar surface area (TPSA) is 376 Å². The average molecular weight is 2070 g/mol. The number of hydrogen-bond acceptors (Lipinski definition) is 24. The summed E-state index contributed by atoms with van der Waals surface area (Å²) < 4.78 is 78.1. The maximum absolute atomic E-state index is 17.0. The summed E-state index contributed by atoms with van der Waals surface area (Å²) in [5.41, 5.74) is 11.2. The van der Waals surface area contributed by atoms with Crippen LogP contribution in [0.15, 0.2) is 154 Å². The molecule has 6 aliphatic rings. The number of H-pyrrole nitrogens is 3. The van der Waals surface area contributed by atoms with Crippen LogP contribution in [0, 0.1) is 38.2 Å². The minimum Gasteiger partial charge on any atom is -0.484 e. The van der Waals surface area contributed by atoms with Crippen molar-refractivity contribution in [2.45, 2.75) is 196 Å². The Bertz CT molecular complexity index is 8160. The molecule has 768 valence electrons. The predicted molar refractivity (Wildman–Crippen MR) is 571 cm³/mol. The van der Waals surface area contributed by atoms with E-state index in [0.717, 1.165) is 0 Å². The molecule has 0 aliphatic carbocycles. The standard InChI is InChI=1S/C37H39ClFN7O4.C36H37ClFN7O4.C36H36ClFN6O5/c1-9-25(47)44-15-21-14-43(8)34-32(45(21)13-20(44)7)22-12-23(39)27(26-19(6)10-11-24-35(26)50-37(49)42-24)28(38)31(22)46(36(34)48)33-29(17(2)3)40-16-41-30(33)18(4)5;1-8-24(46)43-14-20-12-39-30-32(44(20)13-19(43)7)21-11-22(38)26(25-18(6)9-10-23-34(25)49-36(48)42-23)27(37)31(21)45(35(30)47)33-28(16(2)3)40-15-41-29(33)17(4)5;1-8-24(45)42-13-20-14-48-34-31(43(20)12-19(42)7)21-11-22(38)26(25-18(6)9-10-23-33(25)49-36(47)41-23)27(37)30(21)44(35(34)46)32-28(16(2)3)39-15-40-29(32)17(4)5/h9-12,16-18,20-21H,1,13-15H2,2-8H3,(H,42,49);8-11,15-17,19-20,39H,1,12-14H2,2-7H3,(H,42,48);8-11,15-17,19-20H,1,12-14H2,2-7H3,(H,41,47). The van der Waals surface area contributed by atoms with E-state index in [1.807, 2.05) is 121 Å². The lowest BCUT2D eigenvalue weighted by molar-refractivity contribution is -0.129. The second-order valence-corrected chi connectivity index (χ2v) is 42.0. The smallest absolute Gasteiger partial charge is 0.417 e. The molecule has 39 heteroatoms. The first-order valence-electron chi connectivity index (χ1n) is 49.3. The van der Waals surface area contributed by atoms with Gasteiger partial charge in [-0.15, -0.1) is 0 Å². The number of benzene rings is 6. The molecule has 0 spiro atoms. The molecule has 9 aromatic heterocycles. The monoisotopic (exact) mass is 2070 g/mol. The molecule has 6 unspecified atom stereocenters. The number of piperazine rings is 3. The number of nitrogens with one attached hydrogen (secondary N) is 4. The predicted octanol–water partition coefficient (Wildman–Crippen LogP) is 18.7. The van der Waals surface area contributed by atoms with Gasteiger partial charge in [-0.3, -0.25) is 57.4 Å². The van der Waals surface area contributed by atoms with Crippen LogP contribution < -0.4 is 63.6 Å². The second kappa shape index (κ2) is 38.7. The van der Waals surface area contributed by atoms with Crippen LogP contribution in [0.1, 0.15) is 190 Å². The minimum atomic E-state index is -0.693. The van der Waals surface area contributed by atoms with E-state index < -0.39 is 40.3 Å². The first-order valence-corrected chi connectivity index (χ1v) is 50.5. The lowest BCUT2D eigenvalue weighted by Crippen LogP contribution is -2.64. The number of ether oxygens (including phenoxy) is 1. The van der Waals surface area contributed by atoms with Gasteiger partial charge in [0.25, 0.3) is 16.7 Å². The number of carbonyl (C=O) groups is 3. The Balaban J connectivity index is 0.000000140. The third kappa shape index (κ3) is 16.6. The number of rotatable bonds is 15. The number of aromatic amines is 3. The van der Waals surface area contributed by atoms with Gasteiger partial charge < -0.3 is 57.6 Å². The van der Waals surface area contributed by atoms with Crippen LogP contribution in [0.3, 0.4) is 0 Å². The highest BCUT2D eigenvalue weighted by atomic mass is 35.5. The average Bonchev–Trinajstić information content (AvgIpc) is 0.779. The molecular weight excluding hydrogens is 1960 g/mol. The zero-order valence-electron chi connectivity index (χ0n) is 85.3.